The van der Waals surface area contributed by atoms with Crippen LogP contribution in [0.2, 0.25) is 0 Å². The molecule has 0 spiro atoms. The van der Waals surface area contributed by atoms with Crippen LogP contribution in [0.4, 0.5) is 5.69 Å². The van der Waals surface area contributed by atoms with Gasteiger partial charge >= 0.3 is 0 Å². The molecule has 0 unspecified atom stereocenters. The van der Waals surface area contributed by atoms with Gasteiger partial charge in [-0.3, -0.25) is 4.79 Å². The molecule has 0 aliphatic heterocycles. The van der Waals surface area contributed by atoms with Gasteiger partial charge in [-0.1, -0.05) is 81.1 Å². The molecule has 1 heterocycles. The second-order valence-electron chi connectivity index (χ2n) is 7.36. The molecule has 5 nitrogen and oxygen atoms in total. The number of rotatable bonds is 5. The topological polar surface area (TPSA) is 59.8 Å². The lowest BCUT2D eigenvalue weighted by Gasteiger charge is -2.22. The quantitative estimate of drug-likeness (QED) is 0.662. The number of benzene rings is 2. The Hall–Kier alpha value is -2.60. The van der Waals surface area contributed by atoms with Crippen molar-refractivity contribution in [3.05, 3.63) is 60.2 Å². The van der Waals surface area contributed by atoms with Crippen molar-refractivity contribution in [3.63, 3.8) is 0 Å². The molecule has 140 valence electrons. The van der Waals surface area contributed by atoms with Crippen LogP contribution in [0.15, 0.2) is 59.8 Å². The van der Waals surface area contributed by atoms with E-state index in [1.807, 2.05) is 60.1 Å². The van der Waals surface area contributed by atoms with Gasteiger partial charge in [0.1, 0.15) is 0 Å². The first-order valence-electron chi connectivity index (χ1n) is 8.83. The zero-order chi connectivity index (χ0) is 19.4. The van der Waals surface area contributed by atoms with Gasteiger partial charge in [-0.15, -0.1) is 10.2 Å². The van der Waals surface area contributed by atoms with E-state index in [4.69, 9.17) is 0 Å². The van der Waals surface area contributed by atoms with E-state index < -0.39 is 0 Å². The number of hydrogen-bond donors (Lipinski definition) is 1. The molecular weight excluding hydrogens is 356 g/mol. The smallest absolute Gasteiger partial charge is 0.234 e. The summed E-state index contributed by atoms with van der Waals surface area (Å²) in [6.45, 7) is 6.41. The van der Waals surface area contributed by atoms with Crippen LogP contribution in [-0.4, -0.2) is 26.4 Å². The standard InChI is InChI=1S/C21H24N4OS/c1-21(2,3)16-12-8-9-13-17(16)22-18(26)14-27-20-24-23-19(25(20)4)15-10-6-5-7-11-15/h5-13H,14H2,1-4H3,(H,22,26). The molecule has 3 rings (SSSR count). The Labute approximate surface area is 164 Å². The van der Waals surface area contributed by atoms with Crippen LogP contribution in [0.3, 0.4) is 0 Å². The van der Waals surface area contributed by atoms with Gasteiger partial charge in [0.25, 0.3) is 0 Å². The number of hydrogen-bond acceptors (Lipinski definition) is 4. The van der Waals surface area contributed by atoms with Crippen LogP contribution in [0.1, 0.15) is 26.3 Å². The molecule has 3 aromatic rings. The molecule has 27 heavy (non-hydrogen) atoms. The predicted octanol–water partition coefficient (Wildman–Crippen LogP) is 4.51. The normalized spacial score (nSPS) is 11.4. The molecule has 0 atom stereocenters. The summed E-state index contributed by atoms with van der Waals surface area (Å²) >= 11 is 1.38. The van der Waals surface area contributed by atoms with Gasteiger partial charge in [-0.2, -0.15) is 0 Å². The highest BCUT2D eigenvalue weighted by molar-refractivity contribution is 7.99. The number of thioether (sulfide) groups is 1. The number of nitrogens with one attached hydrogen (secondary N) is 1. The maximum atomic E-state index is 12.5. The highest BCUT2D eigenvalue weighted by Crippen LogP contribution is 2.29. The van der Waals surface area contributed by atoms with Crippen LogP contribution in [0, 0.1) is 0 Å². The van der Waals surface area contributed by atoms with Crippen LogP contribution in [0.5, 0.6) is 0 Å². The van der Waals surface area contributed by atoms with Gasteiger partial charge < -0.3 is 9.88 Å². The highest BCUT2D eigenvalue weighted by atomic mass is 32.2. The van der Waals surface area contributed by atoms with Crippen LogP contribution in [-0.2, 0) is 17.3 Å². The number of anilines is 1. The summed E-state index contributed by atoms with van der Waals surface area (Å²) < 4.78 is 1.91. The number of para-hydroxylation sites is 1. The summed E-state index contributed by atoms with van der Waals surface area (Å²) in [6.07, 6.45) is 0. The maximum Gasteiger partial charge on any atom is 0.234 e. The Balaban J connectivity index is 1.67. The average molecular weight is 381 g/mol. The molecular formula is C21H24N4OS. The fraction of sp³-hybridized carbons (Fsp3) is 0.286. The lowest BCUT2D eigenvalue weighted by molar-refractivity contribution is -0.113. The first-order chi connectivity index (χ1) is 12.9. The molecule has 1 amide bonds. The highest BCUT2D eigenvalue weighted by Gasteiger charge is 2.19. The third kappa shape index (κ3) is 4.57. The third-order valence-corrected chi connectivity index (χ3v) is 5.23. The summed E-state index contributed by atoms with van der Waals surface area (Å²) in [4.78, 5) is 12.5. The van der Waals surface area contributed by atoms with E-state index in [1.54, 1.807) is 0 Å². The van der Waals surface area contributed by atoms with Crippen LogP contribution >= 0.6 is 11.8 Å². The number of nitrogens with zero attached hydrogens (tertiary/aromatic N) is 3. The zero-order valence-corrected chi connectivity index (χ0v) is 16.9. The Morgan fingerprint density at radius 1 is 1.04 bits per heavy atom. The van der Waals surface area contributed by atoms with Crippen molar-refractivity contribution in [1.82, 2.24) is 14.8 Å². The fourth-order valence-corrected chi connectivity index (χ4v) is 3.55. The summed E-state index contributed by atoms with van der Waals surface area (Å²) in [7, 11) is 1.91. The zero-order valence-electron chi connectivity index (χ0n) is 16.1. The van der Waals surface area contributed by atoms with E-state index >= 15 is 0 Å². The molecule has 6 heteroatoms. The molecule has 0 aliphatic rings. The Morgan fingerprint density at radius 3 is 2.41 bits per heavy atom. The van der Waals surface area contributed by atoms with Gasteiger partial charge in [0, 0.05) is 18.3 Å². The van der Waals surface area contributed by atoms with Gasteiger partial charge in [-0.25, -0.2) is 0 Å². The Morgan fingerprint density at radius 2 is 1.70 bits per heavy atom. The first kappa shape index (κ1) is 19.2. The van der Waals surface area contributed by atoms with Crippen molar-refractivity contribution in [3.8, 4) is 11.4 Å². The van der Waals surface area contributed by atoms with Crippen molar-refractivity contribution >= 4 is 23.4 Å². The first-order valence-corrected chi connectivity index (χ1v) is 9.82. The number of carbonyl (C=O) groups excluding carboxylic acids is 1. The monoisotopic (exact) mass is 380 g/mol. The van der Waals surface area contributed by atoms with Gasteiger partial charge in [-0.05, 0) is 17.0 Å². The van der Waals surface area contributed by atoms with Crippen LogP contribution < -0.4 is 5.32 Å². The van der Waals surface area contributed by atoms with E-state index in [0.29, 0.717) is 5.16 Å². The van der Waals surface area contributed by atoms with Crippen molar-refractivity contribution in [1.29, 1.82) is 0 Å². The summed E-state index contributed by atoms with van der Waals surface area (Å²) in [5.41, 5.74) is 2.94. The van der Waals surface area contributed by atoms with Crippen molar-refractivity contribution < 1.29 is 4.79 Å². The van der Waals surface area contributed by atoms with E-state index in [9.17, 15) is 4.79 Å². The molecule has 0 saturated heterocycles. The molecule has 0 radical (unpaired) electrons. The summed E-state index contributed by atoms with van der Waals surface area (Å²) in [5, 5.41) is 12.2. The lowest BCUT2D eigenvalue weighted by Crippen LogP contribution is -2.20. The second kappa shape index (κ2) is 7.96. The van der Waals surface area contributed by atoms with Gasteiger partial charge in [0.15, 0.2) is 11.0 Å². The summed E-state index contributed by atoms with van der Waals surface area (Å²) in [6, 6.07) is 17.8. The largest absolute Gasteiger partial charge is 0.325 e. The van der Waals surface area contributed by atoms with E-state index in [2.05, 4.69) is 42.4 Å². The van der Waals surface area contributed by atoms with E-state index in [0.717, 1.165) is 22.6 Å². The summed E-state index contributed by atoms with van der Waals surface area (Å²) in [5.74, 6) is 1.01. The molecule has 0 bridgehead atoms. The van der Waals surface area contributed by atoms with Crippen molar-refractivity contribution in [2.45, 2.75) is 31.3 Å². The van der Waals surface area contributed by atoms with Crippen molar-refractivity contribution in [2.75, 3.05) is 11.1 Å². The SMILES string of the molecule is Cn1c(SCC(=O)Nc2ccccc2C(C)(C)C)nnc1-c1ccccc1. The maximum absolute atomic E-state index is 12.5. The number of amides is 1. The van der Waals surface area contributed by atoms with Crippen molar-refractivity contribution in [2.24, 2.45) is 7.05 Å². The minimum Gasteiger partial charge on any atom is -0.325 e. The van der Waals surface area contributed by atoms with Gasteiger partial charge in [0.05, 0.1) is 5.75 Å². The molecule has 1 N–H and O–H groups in total. The molecule has 1 aromatic heterocycles. The molecule has 2 aromatic carbocycles. The lowest BCUT2D eigenvalue weighted by atomic mass is 9.86. The van der Waals surface area contributed by atoms with Crippen LogP contribution in [0.25, 0.3) is 11.4 Å². The van der Waals surface area contributed by atoms with E-state index in [-0.39, 0.29) is 17.1 Å². The minimum atomic E-state index is -0.0547. The average Bonchev–Trinajstić information content (AvgIpc) is 3.01. The Kier molecular flexibility index (Phi) is 5.65. The van der Waals surface area contributed by atoms with Gasteiger partial charge in [0.2, 0.25) is 5.91 Å². The number of aromatic nitrogens is 3. The third-order valence-electron chi connectivity index (χ3n) is 4.21. The second-order valence-corrected chi connectivity index (χ2v) is 8.31. The Bertz CT molecular complexity index is 929. The fourth-order valence-electron chi connectivity index (χ4n) is 2.84. The minimum absolute atomic E-state index is 0.0365. The molecule has 0 fully saturated rings. The molecule has 0 aliphatic carbocycles. The van der Waals surface area contributed by atoms with E-state index in [1.165, 1.54) is 11.8 Å². The molecule has 0 saturated carbocycles. The predicted molar refractivity (Wildman–Crippen MR) is 111 cm³/mol. The number of carbonyl (C=O) groups is 1.